The first-order valence-corrected chi connectivity index (χ1v) is 5.12. The van der Waals surface area contributed by atoms with Crippen LogP contribution in [0.3, 0.4) is 0 Å². The maximum Gasteiger partial charge on any atom is 0.180 e. The van der Waals surface area contributed by atoms with Gasteiger partial charge >= 0.3 is 0 Å². The highest BCUT2D eigenvalue weighted by atomic mass is 16.1. The number of aryl methyl sites for hydroxylation is 1. The molecule has 78 valence electrons. The first-order chi connectivity index (χ1) is 6.61. The van der Waals surface area contributed by atoms with Crippen LogP contribution in [0.25, 0.3) is 0 Å². The van der Waals surface area contributed by atoms with Crippen molar-refractivity contribution in [3.05, 3.63) is 18.0 Å². The van der Waals surface area contributed by atoms with Crippen LogP contribution >= 0.6 is 0 Å². The molecule has 1 aromatic rings. The fourth-order valence-corrected chi connectivity index (χ4v) is 1.45. The van der Waals surface area contributed by atoms with Gasteiger partial charge in [0, 0.05) is 19.7 Å². The highest BCUT2D eigenvalue weighted by Crippen LogP contribution is 2.10. The number of aromatic nitrogens is 2. The van der Waals surface area contributed by atoms with Crippen molar-refractivity contribution in [2.24, 2.45) is 13.0 Å². The SMILES string of the molecule is CC(C)CCCC(=O)c1ccnn1C. The Morgan fingerprint density at radius 1 is 1.57 bits per heavy atom. The van der Waals surface area contributed by atoms with Gasteiger partial charge in [-0.1, -0.05) is 20.3 Å². The van der Waals surface area contributed by atoms with Crippen LogP contribution in [0.5, 0.6) is 0 Å². The molecule has 14 heavy (non-hydrogen) atoms. The molecule has 0 aliphatic heterocycles. The Morgan fingerprint density at radius 2 is 2.29 bits per heavy atom. The molecule has 0 bridgehead atoms. The first-order valence-electron chi connectivity index (χ1n) is 5.12. The third-order valence-electron chi connectivity index (χ3n) is 2.29. The standard InChI is InChI=1S/C11H18N2O/c1-9(2)5-4-6-11(14)10-7-8-12-13(10)3/h7-9H,4-6H2,1-3H3. The monoisotopic (exact) mass is 194 g/mol. The summed E-state index contributed by atoms with van der Waals surface area (Å²) in [6.45, 7) is 4.35. The molecule has 0 fully saturated rings. The molecule has 1 aromatic heterocycles. The van der Waals surface area contributed by atoms with E-state index in [0.29, 0.717) is 18.0 Å². The van der Waals surface area contributed by atoms with Crippen molar-refractivity contribution >= 4 is 5.78 Å². The van der Waals surface area contributed by atoms with Crippen molar-refractivity contribution in [3.63, 3.8) is 0 Å². The van der Waals surface area contributed by atoms with E-state index in [-0.39, 0.29) is 5.78 Å². The van der Waals surface area contributed by atoms with Crippen molar-refractivity contribution in [2.45, 2.75) is 33.1 Å². The van der Waals surface area contributed by atoms with Crippen LogP contribution in [0.15, 0.2) is 12.3 Å². The number of rotatable bonds is 5. The average Bonchev–Trinajstić information content (AvgIpc) is 2.50. The highest BCUT2D eigenvalue weighted by molar-refractivity contribution is 5.94. The van der Waals surface area contributed by atoms with Crippen LogP contribution in [0.1, 0.15) is 43.6 Å². The second kappa shape index (κ2) is 4.94. The van der Waals surface area contributed by atoms with E-state index in [1.54, 1.807) is 24.0 Å². The number of Topliss-reactive ketones (excluding diaryl/α,β-unsaturated/α-hetero) is 1. The molecule has 1 heterocycles. The van der Waals surface area contributed by atoms with Gasteiger partial charge in [-0.15, -0.1) is 0 Å². The van der Waals surface area contributed by atoms with Crippen LogP contribution in [0.4, 0.5) is 0 Å². The highest BCUT2D eigenvalue weighted by Gasteiger charge is 2.09. The molecule has 3 heteroatoms. The van der Waals surface area contributed by atoms with Crippen molar-refractivity contribution in [1.29, 1.82) is 0 Å². The van der Waals surface area contributed by atoms with E-state index < -0.39 is 0 Å². The molecule has 0 radical (unpaired) electrons. The molecular formula is C11H18N2O. The minimum absolute atomic E-state index is 0.200. The molecule has 0 aliphatic carbocycles. The number of carbonyl (C=O) groups excluding carboxylic acids is 1. The third kappa shape index (κ3) is 2.98. The maximum atomic E-state index is 11.6. The van der Waals surface area contributed by atoms with E-state index in [1.807, 2.05) is 0 Å². The molecule has 0 saturated heterocycles. The van der Waals surface area contributed by atoms with Crippen LogP contribution in [0.2, 0.25) is 0 Å². The average molecular weight is 194 g/mol. The topological polar surface area (TPSA) is 34.9 Å². The second-order valence-corrected chi connectivity index (χ2v) is 4.05. The Morgan fingerprint density at radius 3 is 2.79 bits per heavy atom. The lowest BCUT2D eigenvalue weighted by Crippen LogP contribution is -2.07. The smallest absolute Gasteiger partial charge is 0.180 e. The molecule has 0 aliphatic rings. The summed E-state index contributed by atoms with van der Waals surface area (Å²) < 4.78 is 1.64. The fourth-order valence-electron chi connectivity index (χ4n) is 1.45. The Balaban J connectivity index is 2.40. The Bertz CT molecular complexity index is 302. The van der Waals surface area contributed by atoms with Gasteiger partial charge in [-0.25, -0.2) is 0 Å². The molecule has 0 N–H and O–H groups in total. The first kappa shape index (κ1) is 11.0. The van der Waals surface area contributed by atoms with Crippen LogP contribution < -0.4 is 0 Å². The predicted octanol–water partition coefficient (Wildman–Crippen LogP) is 2.43. The number of carbonyl (C=O) groups is 1. The van der Waals surface area contributed by atoms with E-state index in [0.717, 1.165) is 12.8 Å². The van der Waals surface area contributed by atoms with Crippen LogP contribution in [0, 0.1) is 5.92 Å². The summed E-state index contributed by atoms with van der Waals surface area (Å²) in [4.78, 5) is 11.6. The zero-order valence-electron chi connectivity index (χ0n) is 9.16. The molecule has 3 nitrogen and oxygen atoms in total. The molecule has 0 atom stereocenters. The second-order valence-electron chi connectivity index (χ2n) is 4.05. The number of nitrogens with zero attached hydrogens (tertiary/aromatic N) is 2. The van der Waals surface area contributed by atoms with Crippen LogP contribution in [-0.2, 0) is 7.05 Å². The summed E-state index contributed by atoms with van der Waals surface area (Å²) in [5, 5.41) is 3.98. The van der Waals surface area contributed by atoms with Gasteiger partial charge in [-0.05, 0) is 18.4 Å². The number of hydrogen-bond donors (Lipinski definition) is 0. The molecule has 0 amide bonds. The predicted molar refractivity (Wildman–Crippen MR) is 56.2 cm³/mol. The van der Waals surface area contributed by atoms with E-state index in [2.05, 4.69) is 18.9 Å². The third-order valence-corrected chi connectivity index (χ3v) is 2.29. The largest absolute Gasteiger partial charge is 0.292 e. The summed E-state index contributed by atoms with van der Waals surface area (Å²) >= 11 is 0. The van der Waals surface area contributed by atoms with E-state index in [9.17, 15) is 4.79 Å². The molecule has 0 aromatic carbocycles. The zero-order valence-corrected chi connectivity index (χ0v) is 9.16. The Labute approximate surface area is 85.1 Å². The van der Waals surface area contributed by atoms with Gasteiger partial charge in [-0.3, -0.25) is 9.48 Å². The molecular weight excluding hydrogens is 176 g/mol. The van der Waals surface area contributed by atoms with Crippen molar-refractivity contribution in [1.82, 2.24) is 9.78 Å². The Kier molecular flexibility index (Phi) is 3.86. The number of hydrogen-bond acceptors (Lipinski definition) is 2. The van der Waals surface area contributed by atoms with Gasteiger partial charge in [0.25, 0.3) is 0 Å². The van der Waals surface area contributed by atoms with E-state index in [1.165, 1.54) is 0 Å². The van der Waals surface area contributed by atoms with Crippen molar-refractivity contribution in [2.75, 3.05) is 0 Å². The minimum atomic E-state index is 0.200. The van der Waals surface area contributed by atoms with Crippen molar-refractivity contribution in [3.8, 4) is 0 Å². The zero-order chi connectivity index (χ0) is 10.6. The lowest BCUT2D eigenvalue weighted by molar-refractivity contribution is 0.0969. The quantitative estimate of drug-likeness (QED) is 0.675. The van der Waals surface area contributed by atoms with Gasteiger partial charge in [0.2, 0.25) is 0 Å². The summed E-state index contributed by atoms with van der Waals surface area (Å²) in [7, 11) is 1.80. The van der Waals surface area contributed by atoms with E-state index in [4.69, 9.17) is 0 Å². The summed E-state index contributed by atoms with van der Waals surface area (Å²) in [6.07, 6.45) is 4.39. The summed E-state index contributed by atoms with van der Waals surface area (Å²) in [5.41, 5.74) is 0.716. The van der Waals surface area contributed by atoms with E-state index >= 15 is 0 Å². The van der Waals surface area contributed by atoms with Gasteiger partial charge in [0.05, 0.1) is 0 Å². The van der Waals surface area contributed by atoms with Gasteiger partial charge < -0.3 is 0 Å². The van der Waals surface area contributed by atoms with Gasteiger partial charge in [-0.2, -0.15) is 5.10 Å². The van der Waals surface area contributed by atoms with Crippen molar-refractivity contribution < 1.29 is 4.79 Å². The molecule has 0 spiro atoms. The molecule has 0 unspecified atom stereocenters. The van der Waals surface area contributed by atoms with Gasteiger partial charge in [0.15, 0.2) is 5.78 Å². The normalized spacial score (nSPS) is 10.9. The summed E-state index contributed by atoms with van der Waals surface area (Å²) in [5.74, 6) is 0.875. The lowest BCUT2D eigenvalue weighted by Gasteiger charge is -2.03. The van der Waals surface area contributed by atoms with Crippen LogP contribution in [-0.4, -0.2) is 15.6 Å². The summed E-state index contributed by atoms with van der Waals surface area (Å²) in [6, 6.07) is 1.78. The minimum Gasteiger partial charge on any atom is -0.292 e. The lowest BCUT2D eigenvalue weighted by atomic mass is 10.0. The molecule has 0 saturated carbocycles. The molecule has 1 rings (SSSR count). The number of ketones is 1. The maximum absolute atomic E-state index is 11.6. The van der Waals surface area contributed by atoms with Gasteiger partial charge in [0.1, 0.15) is 5.69 Å². The Hall–Kier alpha value is -1.12. The fraction of sp³-hybridized carbons (Fsp3) is 0.636.